The summed E-state index contributed by atoms with van der Waals surface area (Å²) >= 11 is 1.59. The number of carbonyl (C=O) groups excluding carboxylic acids is 1. The van der Waals surface area contributed by atoms with E-state index in [4.69, 9.17) is 14.2 Å². The molecule has 0 radical (unpaired) electrons. The lowest BCUT2D eigenvalue weighted by atomic mass is 10.2. The summed E-state index contributed by atoms with van der Waals surface area (Å²) in [7, 11) is 3.11. The number of para-hydroxylation sites is 2. The summed E-state index contributed by atoms with van der Waals surface area (Å²) in [5.41, 5.74) is 2.34. The maximum absolute atomic E-state index is 12.5. The van der Waals surface area contributed by atoms with Crippen LogP contribution in [-0.2, 0) is 4.79 Å². The Bertz CT molecular complexity index is 1160. The number of methoxy groups -OCH3 is 2. The summed E-state index contributed by atoms with van der Waals surface area (Å²) in [6.07, 6.45) is 0. The van der Waals surface area contributed by atoms with Crippen molar-refractivity contribution in [3.8, 4) is 27.8 Å². The first-order valence-electron chi connectivity index (χ1n) is 9.27. The van der Waals surface area contributed by atoms with Crippen LogP contribution in [-0.4, -0.2) is 31.7 Å². The number of carbonyl (C=O) groups is 1. The minimum Gasteiger partial charge on any atom is -0.497 e. The minimum atomic E-state index is -0.294. The van der Waals surface area contributed by atoms with Crippen LogP contribution in [0.25, 0.3) is 20.8 Å². The molecule has 0 aliphatic carbocycles. The molecule has 1 N–H and O–H groups in total. The number of rotatable bonds is 7. The highest BCUT2D eigenvalue weighted by Gasteiger charge is 2.14. The second-order valence-electron chi connectivity index (χ2n) is 6.39. The van der Waals surface area contributed by atoms with Crippen LogP contribution < -0.4 is 19.5 Å². The zero-order valence-electron chi connectivity index (χ0n) is 16.5. The van der Waals surface area contributed by atoms with Gasteiger partial charge >= 0.3 is 0 Å². The summed E-state index contributed by atoms with van der Waals surface area (Å²) < 4.78 is 17.4. The molecule has 4 rings (SSSR count). The Labute approximate surface area is 178 Å². The van der Waals surface area contributed by atoms with E-state index in [1.165, 1.54) is 7.11 Å². The first kappa shape index (κ1) is 19.7. The quantitative estimate of drug-likeness (QED) is 0.456. The van der Waals surface area contributed by atoms with Crippen LogP contribution in [0.5, 0.6) is 17.2 Å². The fourth-order valence-corrected chi connectivity index (χ4v) is 3.98. The highest BCUT2D eigenvalue weighted by atomic mass is 32.1. The maximum Gasteiger partial charge on any atom is 0.262 e. The number of anilines is 1. The molecule has 0 atom stereocenters. The van der Waals surface area contributed by atoms with E-state index in [0.29, 0.717) is 22.9 Å². The van der Waals surface area contributed by atoms with Gasteiger partial charge in [-0.2, -0.15) is 0 Å². The van der Waals surface area contributed by atoms with Crippen LogP contribution in [0, 0.1) is 0 Å². The van der Waals surface area contributed by atoms with E-state index in [1.807, 2.05) is 48.5 Å². The molecule has 0 fully saturated rings. The molecule has 6 nitrogen and oxygen atoms in total. The van der Waals surface area contributed by atoms with Crippen LogP contribution >= 0.6 is 11.3 Å². The zero-order chi connectivity index (χ0) is 20.9. The maximum atomic E-state index is 12.5. The van der Waals surface area contributed by atoms with Gasteiger partial charge in [0.05, 0.1) is 35.7 Å². The van der Waals surface area contributed by atoms with Crippen LogP contribution in [0.3, 0.4) is 0 Å². The van der Waals surface area contributed by atoms with Gasteiger partial charge in [0.2, 0.25) is 0 Å². The smallest absolute Gasteiger partial charge is 0.262 e. The predicted octanol–water partition coefficient (Wildman–Crippen LogP) is 5.00. The number of nitrogens with zero attached hydrogens (tertiary/aromatic N) is 1. The second kappa shape index (κ2) is 8.84. The molecule has 7 heteroatoms. The van der Waals surface area contributed by atoms with Crippen molar-refractivity contribution >= 4 is 33.1 Å². The minimum absolute atomic E-state index is 0.142. The van der Waals surface area contributed by atoms with E-state index in [1.54, 1.807) is 36.6 Å². The van der Waals surface area contributed by atoms with Crippen LogP contribution in [0.1, 0.15) is 0 Å². The van der Waals surface area contributed by atoms with Gasteiger partial charge in [-0.15, -0.1) is 11.3 Å². The molecular weight excluding hydrogens is 400 g/mol. The van der Waals surface area contributed by atoms with Gasteiger partial charge in [0.15, 0.2) is 6.61 Å². The van der Waals surface area contributed by atoms with Gasteiger partial charge < -0.3 is 19.5 Å². The summed E-state index contributed by atoms with van der Waals surface area (Å²) in [6, 6.07) is 20.7. The van der Waals surface area contributed by atoms with Gasteiger partial charge in [-0.3, -0.25) is 4.79 Å². The molecule has 1 heterocycles. The van der Waals surface area contributed by atoms with E-state index in [9.17, 15) is 4.79 Å². The fraction of sp³-hybridized carbons (Fsp3) is 0.130. The lowest BCUT2D eigenvalue weighted by Crippen LogP contribution is -2.20. The van der Waals surface area contributed by atoms with Gasteiger partial charge in [0, 0.05) is 6.07 Å². The third-order valence-electron chi connectivity index (χ3n) is 4.45. The summed E-state index contributed by atoms with van der Waals surface area (Å²) in [5, 5.41) is 3.66. The molecule has 30 heavy (non-hydrogen) atoms. The SMILES string of the molecule is COc1ccc(NC(=O)COc2ccccc2-c2nc3ccccc3s2)c(OC)c1. The molecule has 1 amide bonds. The molecule has 1 aromatic heterocycles. The van der Waals surface area contributed by atoms with Gasteiger partial charge in [-0.25, -0.2) is 4.98 Å². The number of hydrogen-bond acceptors (Lipinski definition) is 6. The standard InChI is InChI=1S/C23H20N2O4S/c1-27-15-11-12-17(20(13-15)28-2)24-22(26)14-29-19-9-5-3-7-16(19)23-25-18-8-4-6-10-21(18)30-23/h3-13H,14H2,1-2H3,(H,24,26). The molecule has 0 saturated carbocycles. The third kappa shape index (κ3) is 4.21. The summed E-state index contributed by atoms with van der Waals surface area (Å²) in [5.74, 6) is 1.47. The van der Waals surface area contributed by atoms with Gasteiger partial charge in [0.1, 0.15) is 22.3 Å². The van der Waals surface area contributed by atoms with Crippen molar-refractivity contribution in [2.24, 2.45) is 0 Å². The molecule has 4 aromatic rings. The van der Waals surface area contributed by atoms with Crippen molar-refractivity contribution in [3.63, 3.8) is 0 Å². The Morgan fingerprint density at radius 1 is 0.967 bits per heavy atom. The average Bonchev–Trinajstić information content (AvgIpc) is 3.22. The van der Waals surface area contributed by atoms with E-state index in [2.05, 4.69) is 10.3 Å². The average molecular weight is 420 g/mol. The predicted molar refractivity (Wildman–Crippen MR) is 119 cm³/mol. The molecule has 3 aromatic carbocycles. The molecular formula is C23H20N2O4S. The van der Waals surface area contributed by atoms with Gasteiger partial charge in [-0.1, -0.05) is 24.3 Å². The Morgan fingerprint density at radius 3 is 2.57 bits per heavy atom. The number of aromatic nitrogens is 1. The molecule has 0 saturated heterocycles. The number of benzene rings is 3. The zero-order valence-corrected chi connectivity index (χ0v) is 17.4. The number of fused-ring (bicyclic) bond motifs is 1. The highest BCUT2D eigenvalue weighted by Crippen LogP contribution is 2.35. The summed E-state index contributed by atoms with van der Waals surface area (Å²) in [4.78, 5) is 17.1. The molecule has 0 aliphatic rings. The number of hydrogen-bond donors (Lipinski definition) is 1. The third-order valence-corrected chi connectivity index (χ3v) is 5.52. The Kier molecular flexibility index (Phi) is 5.81. The van der Waals surface area contributed by atoms with Crippen molar-refractivity contribution in [1.82, 2.24) is 4.98 Å². The number of thiazole rings is 1. The normalized spacial score (nSPS) is 10.6. The Morgan fingerprint density at radius 2 is 1.77 bits per heavy atom. The van der Waals surface area contributed by atoms with Crippen LogP contribution in [0.2, 0.25) is 0 Å². The van der Waals surface area contributed by atoms with Crippen molar-refractivity contribution in [2.75, 3.05) is 26.1 Å². The number of ether oxygens (including phenoxy) is 3. The largest absolute Gasteiger partial charge is 0.497 e. The second-order valence-corrected chi connectivity index (χ2v) is 7.42. The lowest BCUT2D eigenvalue weighted by molar-refractivity contribution is -0.118. The first-order chi connectivity index (χ1) is 14.7. The topological polar surface area (TPSA) is 69.7 Å². The fourth-order valence-electron chi connectivity index (χ4n) is 2.99. The number of amides is 1. The highest BCUT2D eigenvalue weighted by molar-refractivity contribution is 7.21. The summed E-state index contributed by atoms with van der Waals surface area (Å²) in [6.45, 7) is -0.142. The van der Waals surface area contributed by atoms with Crippen LogP contribution in [0.15, 0.2) is 66.7 Å². The molecule has 0 aliphatic heterocycles. The Hall–Kier alpha value is -3.58. The van der Waals surface area contributed by atoms with E-state index in [-0.39, 0.29) is 12.5 Å². The Balaban J connectivity index is 1.49. The molecule has 152 valence electrons. The van der Waals surface area contributed by atoms with E-state index in [0.717, 1.165) is 20.8 Å². The number of nitrogens with one attached hydrogen (secondary N) is 1. The first-order valence-corrected chi connectivity index (χ1v) is 10.1. The molecule has 0 bridgehead atoms. The van der Waals surface area contributed by atoms with Gasteiger partial charge in [-0.05, 0) is 36.4 Å². The molecule has 0 unspecified atom stereocenters. The van der Waals surface area contributed by atoms with Crippen molar-refractivity contribution in [2.45, 2.75) is 0 Å². The monoisotopic (exact) mass is 420 g/mol. The van der Waals surface area contributed by atoms with E-state index >= 15 is 0 Å². The van der Waals surface area contributed by atoms with Gasteiger partial charge in [0.25, 0.3) is 5.91 Å². The van der Waals surface area contributed by atoms with Crippen molar-refractivity contribution in [1.29, 1.82) is 0 Å². The molecule has 0 spiro atoms. The van der Waals surface area contributed by atoms with Crippen molar-refractivity contribution < 1.29 is 19.0 Å². The van der Waals surface area contributed by atoms with Crippen LogP contribution in [0.4, 0.5) is 5.69 Å². The van der Waals surface area contributed by atoms with Crippen molar-refractivity contribution in [3.05, 3.63) is 66.7 Å². The van der Waals surface area contributed by atoms with E-state index < -0.39 is 0 Å². The lowest BCUT2D eigenvalue weighted by Gasteiger charge is -2.13.